The molecule has 0 aliphatic rings. The monoisotopic (exact) mass is 432 g/mol. The summed E-state index contributed by atoms with van der Waals surface area (Å²) in [4.78, 5) is 11.2. The van der Waals surface area contributed by atoms with Gasteiger partial charge in [0.2, 0.25) is 0 Å². The Kier molecular flexibility index (Phi) is 5.68. The lowest BCUT2D eigenvalue weighted by Crippen LogP contribution is -2.02. The molecule has 128 valence electrons. The van der Waals surface area contributed by atoms with Crippen LogP contribution in [0.5, 0.6) is 17.2 Å². The van der Waals surface area contributed by atoms with E-state index >= 15 is 0 Å². The van der Waals surface area contributed by atoms with Crippen molar-refractivity contribution in [1.29, 1.82) is 0 Å². The number of carboxylic acid groups (broad SMARTS) is 1. The highest BCUT2D eigenvalue weighted by molar-refractivity contribution is 9.10. The molecule has 0 aliphatic carbocycles. The van der Waals surface area contributed by atoms with E-state index in [-0.39, 0.29) is 33.0 Å². The molecule has 0 unspecified atom stereocenters. The zero-order valence-corrected chi connectivity index (χ0v) is 16.3. The maximum absolute atomic E-state index is 11.2. The molecule has 0 saturated heterocycles. The second-order valence-electron chi connectivity index (χ2n) is 5.58. The summed E-state index contributed by atoms with van der Waals surface area (Å²) in [5.74, 6) is -0.293. The number of aromatic hydroxyl groups is 1. The predicted octanol–water partition coefficient (Wildman–Crippen LogP) is 6.38. The number of benzene rings is 2. The molecule has 2 rings (SSSR count). The molecule has 24 heavy (non-hydrogen) atoms. The molecular weight excluding hydrogens is 419 g/mol. The predicted molar refractivity (Wildman–Crippen MR) is 98.1 cm³/mol. The van der Waals surface area contributed by atoms with Crippen molar-refractivity contribution in [3.8, 4) is 17.2 Å². The summed E-state index contributed by atoms with van der Waals surface area (Å²) in [5, 5.41) is 19.5. The summed E-state index contributed by atoms with van der Waals surface area (Å²) in [6.45, 7) is 5.47. The van der Waals surface area contributed by atoms with Gasteiger partial charge in [0.15, 0.2) is 5.75 Å². The summed E-state index contributed by atoms with van der Waals surface area (Å²) in [6.07, 6.45) is 0. The Morgan fingerprint density at radius 3 is 2.42 bits per heavy atom. The van der Waals surface area contributed by atoms with E-state index in [1.165, 1.54) is 6.07 Å². The zero-order valence-electron chi connectivity index (χ0n) is 13.2. The van der Waals surface area contributed by atoms with Gasteiger partial charge in [-0.2, -0.15) is 0 Å². The number of phenols is 1. The van der Waals surface area contributed by atoms with Crippen molar-refractivity contribution in [2.45, 2.75) is 26.7 Å². The number of phenolic OH excluding ortho intramolecular Hbond substituents is 1. The molecule has 0 fully saturated rings. The Morgan fingerprint density at radius 1 is 1.25 bits per heavy atom. The number of carbonyl (C=O) groups is 1. The third kappa shape index (κ3) is 3.63. The van der Waals surface area contributed by atoms with Crippen LogP contribution in [0.3, 0.4) is 0 Å². The van der Waals surface area contributed by atoms with Gasteiger partial charge in [-0.3, -0.25) is 0 Å². The summed E-state index contributed by atoms with van der Waals surface area (Å²) in [5.41, 5.74) is 1.09. The molecule has 2 N–H and O–H groups in total. The first-order valence-electron chi connectivity index (χ1n) is 7.05. The van der Waals surface area contributed by atoms with Crippen LogP contribution in [0.1, 0.15) is 41.3 Å². The van der Waals surface area contributed by atoms with E-state index in [2.05, 4.69) is 15.9 Å². The zero-order chi connectivity index (χ0) is 18.2. The van der Waals surface area contributed by atoms with E-state index in [1.807, 2.05) is 13.8 Å². The quantitative estimate of drug-likeness (QED) is 0.586. The van der Waals surface area contributed by atoms with Crippen molar-refractivity contribution < 1.29 is 19.7 Å². The van der Waals surface area contributed by atoms with Crippen LogP contribution >= 0.6 is 39.1 Å². The first-order chi connectivity index (χ1) is 11.1. The van der Waals surface area contributed by atoms with E-state index in [1.54, 1.807) is 19.1 Å². The minimum atomic E-state index is -1.11. The van der Waals surface area contributed by atoms with E-state index in [4.69, 9.17) is 33.0 Å². The van der Waals surface area contributed by atoms with E-state index in [9.17, 15) is 9.90 Å². The lowest BCUT2D eigenvalue weighted by atomic mass is 10.0. The standard InChI is InChI=1S/C17H15BrCl2O4/c1-7(2)10-4-9(5-12(18)15(10)21)24-16-13(19)6-11(17(22)23)8(3)14(16)20/h4-7,21H,1-3H3,(H,22,23). The number of ether oxygens (including phenoxy) is 1. The molecule has 0 heterocycles. The smallest absolute Gasteiger partial charge is 0.336 e. The third-order valence-corrected chi connectivity index (χ3v) is 4.90. The Balaban J connectivity index is 2.53. The average molecular weight is 434 g/mol. The number of halogens is 3. The summed E-state index contributed by atoms with van der Waals surface area (Å²) < 4.78 is 6.27. The van der Waals surface area contributed by atoms with Crippen LogP contribution in [0.25, 0.3) is 0 Å². The molecule has 0 saturated carbocycles. The second-order valence-corrected chi connectivity index (χ2v) is 7.22. The van der Waals surface area contributed by atoms with Gasteiger partial charge in [-0.05, 0) is 52.5 Å². The van der Waals surface area contributed by atoms with Crippen LogP contribution in [0.15, 0.2) is 22.7 Å². The van der Waals surface area contributed by atoms with Crippen LogP contribution in [0.2, 0.25) is 10.0 Å². The van der Waals surface area contributed by atoms with Crippen molar-refractivity contribution in [2.24, 2.45) is 0 Å². The van der Waals surface area contributed by atoms with Crippen LogP contribution in [-0.2, 0) is 0 Å². The fraction of sp³-hybridized carbons (Fsp3) is 0.235. The molecule has 0 radical (unpaired) electrons. The molecule has 0 atom stereocenters. The number of carboxylic acids is 1. The highest BCUT2D eigenvalue weighted by atomic mass is 79.9. The molecule has 4 nitrogen and oxygen atoms in total. The van der Waals surface area contributed by atoms with Gasteiger partial charge in [0.1, 0.15) is 11.5 Å². The first kappa shape index (κ1) is 18.9. The molecule has 0 aliphatic heterocycles. The first-order valence-corrected chi connectivity index (χ1v) is 8.60. The second kappa shape index (κ2) is 7.21. The summed E-state index contributed by atoms with van der Waals surface area (Å²) in [7, 11) is 0. The van der Waals surface area contributed by atoms with Gasteiger partial charge >= 0.3 is 5.97 Å². The Bertz CT molecular complexity index is 819. The molecule has 2 aromatic rings. The maximum atomic E-state index is 11.2. The fourth-order valence-electron chi connectivity index (χ4n) is 2.22. The van der Waals surface area contributed by atoms with Crippen molar-refractivity contribution >= 4 is 45.1 Å². The largest absolute Gasteiger partial charge is 0.506 e. The van der Waals surface area contributed by atoms with Gasteiger partial charge in [0, 0.05) is 5.56 Å². The molecular formula is C17H15BrCl2O4. The average Bonchev–Trinajstić information content (AvgIpc) is 2.49. The van der Waals surface area contributed by atoms with Crippen LogP contribution in [-0.4, -0.2) is 16.2 Å². The molecule has 0 spiro atoms. The van der Waals surface area contributed by atoms with E-state index in [0.29, 0.717) is 21.3 Å². The topological polar surface area (TPSA) is 66.8 Å². The number of rotatable bonds is 4. The molecule has 7 heteroatoms. The molecule has 0 aromatic heterocycles. The van der Waals surface area contributed by atoms with Crippen molar-refractivity contribution in [3.63, 3.8) is 0 Å². The fourth-order valence-corrected chi connectivity index (χ4v) is 3.21. The van der Waals surface area contributed by atoms with Crippen molar-refractivity contribution in [2.75, 3.05) is 0 Å². The molecule has 2 aromatic carbocycles. The van der Waals surface area contributed by atoms with Gasteiger partial charge in [0.05, 0.1) is 20.1 Å². The number of hydrogen-bond donors (Lipinski definition) is 2. The highest BCUT2D eigenvalue weighted by Crippen LogP contribution is 2.43. The third-order valence-electron chi connectivity index (χ3n) is 3.56. The maximum Gasteiger partial charge on any atom is 0.336 e. The van der Waals surface area contributed by atoms with Gasteiger partial charge in [0.25, 0.3) is 0 Å². The normalized spacial score (nSPS) is 11.0. The van der Waals surface area contributed by atoms with Crippen molar-refractivity contribution in [3.05, 3.63) is 49.4 Å². The van der Waals surface area contributed by atoms with Gasteiger partial charge in [-0.15, -0.1) is 0 Å². The van der Waals surface area contributed by atoms with E-state index < -0.39 is 5.97 Å². The van der Waals surface area contributed by atoms with Crippen LogP contribution in [0, 0.1) is 6.92 Å². The highest BCUT2D eigenvalue weighted by Gasteiger charge is 2.20. The summed E-state index contributed by atoms with van der Waals surface area (Å²) in [6, 6.07) is 4.59. The lowest BCUT2D eigenvalue weighted by Gasteiger charge is -2.16. The SMILES string of the molecule is Cc1c(C(=O)O)cc(Cl)c(Oc2cc(Br)c(O)c(C(C)C)c2)c1Cl. The molecule has 0 amide bonds. The van der Waals surface area contributed by atoms with Crippen molar-refractivity contribution in [1.82, 2.24) is 0 Å². The lowest BCUT2D eigenvalue weighted by molar-refractivity contribution is 0.0696. The van der Waals surface area contributed by atoms with Crippen LogP contribution < -0.4 is 4.74 Å². The van der Waals surface area contributed by atoms with Gasteiger partial charge < -0.3 is 14.9 Å². The Morgan fingerprint density at radius 2 is 1.88 bits per heavy atom. The van der Waals surface area contributed by atoms with Gasteiger partial charge in [-0.25, -0.2) is 4.79 Å². The van der Waals surface area contributed by atoms with Gasteiger partial charge in [-0.1, -0.05) is 37.0 Å². The number of hydrogen-bond acceptors (Lipinski definition) is 3. The minimum Gasteiger partial charge on any atom is -0.506 e. The summed E-state index contributed by atoms with van der Waals surface area (Å²) >= 11 is 15.7. The Hall–Kier alpha value is -1.43. The van der Waals surface area contributed by atoms with E-state index in [0.717, 1.165) is 0 Å². The Labute approximate surface area is 158 Å². The molecule has 0 bridgehead atoms. The van der Waals surface area contributed by atoms with Crippen LogP contribution in [0.4, 0.5) is 0 Å². The minimum absolute atomic E-state index is 0.0205. The number of aromatic carboxylic acids is 1.